The van der Waals surface area contributed by atoms with Crippen molar-refractivity contribution in [3.8, 4) is 0 Å². The SMILES string of the molecule is CC(O)(CC(=O)[O-])C1(C)CCOC1=O.O=C([O-])CC(O)C1CCCCC1.O=C([O-])CC1(O)C2CC3CC1CC(O)(C3)C2.O=C([O-])CC1(O)COC(=O)C1.O=S(=O)(c1ccc([S+](c2ccccc2)c2ccccc2)cc1)C1CCCCC1.c1ccc([S+](c2ccccc2)c2ccccc2)cc1.c1ccc([S+](c2ccccc2)c2ccccc2)cc1.c1ccc([S+](c2ccccc2)c2ccccc2)cc1. The molecule has 0 amide bonds. The molecule has 19 nitrogen and oxygen atoms in total. The highest BCUT2D eigenvalue weighted by Crippen LogP contribution is 2.61. The van der Waals surface area contributed by atoms with E-state index in [0.717, 1.165) is 81.9 Å². The summed E-state index contributed by atoms with van der Waals surface area (Å²) in [7, 11) is -3.52. The lowest BCUT2D eigenvalue weighted by Gasteiger charge is -2.62. The average molecular weight is 1960 g/mol. The molecule has 24 heteroatoms. The number of carbonyl (C=O) groups excluding carboxylic acids is 6. The monoisotopic (exact) mass is 1950 g/mol. The van der Waals surface area contributed by atoms with Crippen LogP contribution in [0.3, 0.4) is 0 Å². The largest absolute Gasteiger partial charge is 0.550 e. The number of hydrogen-bond donors (Lipinski definition) is 5. The number of carboxylic acids is 4. The molecule has 5 N–H and O–H groups in total. The first-order valence-electron chi connectivity index (χ1n) is 47.0. The number of rotatable bonds is 24. The van der Waals surface area contributed by atoms with E-state index in [0.29, 0.717) is 30.1 Å². The van der Waals surface area contributed by atoms with Crippen LogP contribution in [0, 0.1) is 29.1 Å². The molecule has 6 atom stereocenters. The van der Waals surface area contributed by atoms with Gasteiger partial charge in [0.25, 0.3) is 0 Å². The number of hydrogen-bond acceptors (Lipinski definition) is 19. The van der Waals surface area contributed by atoms with Crippen molar-refractivity contribution in [1.29, 1.82) is 0 Å². The van der Waals surface area contributed by atoms with E-state index < -0.39 is 92.4 Å². The lowest BCUT2D eigenvalue weighted by atomic mass is 9.47. The summed E-state index contributed by atoms with van der Waals surface area (Å²) in [5.41, 5.74) is -6.07. The smallest absolute Gasteiger partial charge is 0.314 e. The molecule has 2 saturated heterocycles. The van der Waals surface area contributed by atoms with Crippen molar-refractivity contribution < 1.29 is 92.6 Å². The standard InChI is InChI=1S/C24H25O2S2.3C18H15S.C12H18O4.C9H14O5.C9H16O3.C6H8O5/c25-28(26,23-14-8-3-9-15-23)24-18-16-22(17-19-24)27(20-10-4-1-5-11-20)21-12-6-2-7-13-21;3*1-4-10-16(11-5-1)19(17-12-6-2-7-13-17)18-14-8-3-9-15-18;13-10(14)6-12(16)8-1-7-2-9(12)5-11(15,3-7)4-8;1-8(3-4-14-7(8)12)9(2,13)5-6(10)11;10-8(6-9(11)12)7-4-2-1-3-5-7;7-4(8)1-6(10)2-5(9)11-3-6/h1-2,4-7,10-13,16-19,23H,3,8-9,14-15H2;3*1-15H;7-9,15-16H,1-6H2,(H,13,14);13H,3-5H2,1-2H3,(H,10,11);7-8,10H,1-6H2,(H,11,12);10H,1-3H2,(H,7,8)/q4*+1;;;;/p-4. The molecule has 2 heterocycles. The van der Waals surface area contributed by atoms with E-state index in [2.05, 4.69) is 326 Å². The minimum Gasteiger partial charge on any atom is -0.550 e. The molecular weight excluding hydrogens is 1830 g/mol. The molecule has 0 spiro atoms. The maximum atomic E-state index is 13.0. The summed E-state index contributed by atoms with van der Waals surface area (Å²) in [6.45, 7) is 2.79. The van der Waals surface area contributed by atoms with E-state index in [-0.39, 0.29) is 99.1 Å². The van der Waals surface area contributed by atoms with Gasteiger partial charge in [-0.3, -0.25) is 9.59 Å². The minimum atomic E-state index is -3.23. The first-order valence-corrected chi connectivity index (χ1v) is 53.4. The quantitative estimate of drug-likeness (QED) is 0.0277. The fourth-order valence-corrected chi connectivity index (χ4v) is 29.3. The number of aliphatic hydroxyl groups excluding tert-OH is 1. The second kappa shape index (κ2) is 51.0. The Morgan fingerprint density at radius 3 is 0.957 bits per heavy atom. The van der Waals surface area contributed by atoms with E-state index in [9.17, 15) is 83.1 Å². The number of aliphatic hydroxyl groups is 5. The first kappa shape index (κ1) is 105. The number of cyclic esters (lactones) is 2. The average Bonchev–Trinajstić information content (AvgIpc) is 0.865. The van der Waals surface area contributed by atoms with Crippen LogP contribution in [0.5, 0.6) is 0 Å². The molecule has 4 bridgehead atoms. The molecule has 6 aliphatic carbocycles. The second-order valence-electron chi connectivity index (χ2n) is 36.2. The number of carboxylic acid groups (broad SMARTS) is 4. The van der Waals surface area contributed by atoms with E-state index in [1.807, 2.05) is 36.4 Å². The Labute approximate surface area is 822 Å². The molecule has 20 rings (SSSR count). The molecule has 12 aromatic rings. The third kappa shape index (κ3) is 29.6. The van der Waals surface area contributed by atoms with Crippen LogP contribution in [0.2, 0.25) is 0 Å². The van der Waals surface area contributed by atoms with Crippen LogP contribution in [-0.4, -0.2) is 117 Å². The van der Waals surface area contributed by atoms with Gasteiger partial charge in [-0.25, -0.2) is 8.42 Å². The van der Waals surface area contributed by atoms with Crippen LogP contribution in [0.1, 0.15) is 149 Å². The molecule has 8 aliphatic rings. The topological polar surface area (TPSA) is 348 Å². The van der Waals surface area contributed by atoms with Gasteiger partial charge in [-0.1, -0.05) is 239 Å². The third-order valence-corrected chi connectivity index (χ3v) is 37.3. The van der Waals surface area contributed by atoms with Gasteiger partial charge in [-0.2, -0.15) is 0 Å². The van der Waals surface area contributed by atoms with Gasteiger partial charge in [0.1, 0.15) is 12.2 Å². The molecule has 0 aromatic heterocycles. The highest BCUT2D eigenvalue weighted by Gasteiger charge is 2.61. The number of carbonyl (C=O) groups is 6. The molecule has 8 fully saturated rings. The van der Waals surface area contributed by atoms with Crippen LogP contribution in [0.4, 0.5) is 0 Å². The lowest BCUT2D eigenvalue weighted by molar-refractivity contribution is -0.317. The number of aliphatic carboxylic acids is 4. The van der Waals surface area contributed by atoms with Gasteiger partial charge in [0.05, 0.1) is 95.1 Å². The molecule has 12 aromatic carbocycles. The minimum absolute atomic E-state index is 0.0146. The summed E-state index contributed by atoms with van der Waals surface area (Å²) in [5.74, 6) is -5.65. The Morgan fingerprint density at radius 1 is 0.406 bits per heavy atom. The van der Waals surface area contributed by atoms with Crippen LogP contribution in [0.15, 0.2) is 422 Å². The Morgan fingerprint density at radius 2 is 0.703 bits per heavy atom. The summed E-state index contributed by atoms with van der Waals surface area (Å²) in [5, 5.41) is 90.6. The van der Waals surface area contributed by atoms with Gasteiger partial charge in [-0.15, -0.1) is 0 Å². The van der Waals surface area contributed by atoms with Crippen LogP contribution in [0.25, 0.3) is 0 Å². The van der Waals surface area contributed by atoms with Crippen molar-refractivity contribution in [3.63, 3.8) is 0 Å². The van der Waals surface area contributed by atoms with Crippen LogP contribution >= 0.6 is 0 Å². The summed E-state index contributed by atoms with van der Waals surface area (Å²) in [4.78, 5) is 79.4. The fourth-order valence-electron chi connectivity index (χ4n) is 19.0. The lowest BCUT2D eigenvalue weighted by Crippen LogP contribution is -2.64. The molecule has 138 heavy (non-hydrogen) atoms. The van der Waals surface area contributed by atoms with Crippen molar-refractivity contribution in [1.82, 2.24) is 0 Å². The van der Waals surface area contributed by atoms with Gasteiger partial charge in [-0.05, 0) is 253 Å². The predicted octanol–water partition coefficient (Wildman–Crippen LogP) is 16.4. The first-order chi connectivity index (χ1) is 66.4. The van der Waals surface area contributed by atoms with Gasteiger partial charge < -0.3 is 74.6 Å². The van der Waals surface area contributed by atoms with Gasteiger partial charge in [0.2, 0.25) is 0 Å². The number of esters is 2. The fraction of sp³-hybridized carbons (Fsp3) is 0.316. The molecule has 2 aliphatic heterocycles. The van der Waals surface area contributed by atoms with Crippen molar-refractivity contribution in [2.45, 2.75) is 246 Å². The molecule has 0 radical (unpaired) electrons. The summed E-state index contributed by atoms with van der Waals surface area (Å²) < 4.78 is 35.1. The van der Waals surface area contributed by atoms with Gasteiger partial charge >= 0.3 is 11.9 Å². The Kier molecular flexibility index (Phi) is 39.0. The predicted molar refractivity (Wildman–Crippen MR) is 529 cm³/mol. The zero-order valence-corrected chi connectivity index (χ0v) is 81.9. The van der Waals surface area contributed by atoms with E-state index in [1.54, 1.807) is 0 Å². The Balaban J connectivity index is 0.000000144. The zero-order valence-electron chi connectivity index (χ0n) is 77.8. The zero-order chi connectivity index (χ0) is 98.1. The van der Waals surface area contributed by atoms with Gasteiger partial charge in [0, 0.05) is 56.0 Å². The molecule has 722 valence electrons. The molecular formula is C114H122O19S5. The Hall–Kier alpha value is -11.4. The molecule has 6 saturated carbocycles. The highest BCUT2D eigenvalue weighted by atomic mass is 32.2. The van der Waals surface area contributed by atoms with E-state index in [4.69, 9.17) is 4.74 Å². The van der Waals surface area contributed by atoms with Crippen molar-refractivity contribution in [3.05, 3.63) is 358 Å². The van der Waals surface area contributed by atoms with Crippen molar-refractivity contribution >= 4 is 89.2 Å². The number of ether oxygens (including phenoxy) is 2. The van der Waals surface area contributed by atoms with Gasteiger partial charge in [0.15, 0.2) is 68.6 Å². The van der Waals surface area contributed by atoms with Crippen molar-refractivity contribution in [2.24, 2.45) is 29.1 Å². The second-order valence-corrected chi connectivity index (χ2v) is 46.6. The van der Waals surface area contributed by atoms with E-state index in [1.165, 1.54) is 74.1 Å². The summed E-state index contributed by atoms with van der Waals surface area (Å²) in [6, 6.07) is 125. The Bertz CT molecular complexity index is 5270. The summed E-state index contributed by atoms with van der Waals surface area (Å²) in [6.07, 6.45) is 11.6. The normalized spacial score (nSPS) is 21.3. The number of benzene rings is 12. The maximum absolute atomic E-state index is 13.0. The van der Waals surface area contributed by atoms with E-state index >= 15 is 0 Å². The van der Waals surface area contributed by atoms with Crippen LogP contribution in [-0.2, 0) is 91.7 Å². The third-order valence-electron chi connectivity index (χ3n) is 26.1. The summed E-state index contributed by atoms with van der Waals surface area (Å²) >= 11 is 0. The van der Waals surface area contributed by atoms with Crippen LogP contribution < -0.4 is 20.4 Å². The highest BCUT2D eigenvalue weighted by molar-refractivity contribution is 7.98. The maximum Gasteiger partial charge on any atom is 0.314 e. The number of sulfone groups is 1. The molecule has 6 unspecified atom stereocenters. The van der Waals surface area contributed by atoms with Crippen molar-refractivity contribution in [2.75, 3.05) is 13.2 Å².